The predicted octanol–water partition coefficient (Wildman–Crippen LogP) is 6.61. The number of ether oxygens (including phenoxy) is 1. The maximum absolute atomic E-state index is 13.2. The topological polar surface area (TPSA) is 62.6 Å². The molecule has 0 radical (unpaired) electrons. The van der Waals surface area contributed by atoms with Gasteiger partial charge in [-0.25, -0.2) is 0 Å². The lowest BCUT2D eigenvalue weighted by Crippen LogP contribution is -2.35. The molecule has 0 saturated heterocycles. The van der Waals surface area contributed by atoms with Crippen LogP contribution in [0.25, 0.3) is 0 Å². The summed E-state index contributed by atoms with van der Waals surface area (Å²) in [5.41, 5.74) is 2.56. The van der Waals surface area contributed by atoms with E-state index in [0.717, 1.165) is 54.6 Å². The highest BCUT2D eigenvalue weighted by Crippen LogP contribution is 2.60. The molecule has 1 unspecified atom stereocenters. The van der Waals surface area contributed by atoms with E-state index in [4.69, 9.17) is 9.72 Å². The van der Waals surface area contributed by atoms with Crippen molar-refractivity contribution in [2.75, 3.05) is 0 Å². The molecule has 5 rings (SSSR count). The van der Waals surface area contributed by atoms with Gasteiger partial charge in [0.25, 0.3) is 0 Å². The van der Waals surface area contributed by atoms with Gasteiger partial charge < -0.3 is 14.9 Å². The van der Waals surface area contributed by atoms with E-state index in [1.807, 2.05) is 27.7 Å². The number of fused-ring (bicyclic) bond motifs is 4. The number of hydrogen-bond acceptors (Lipinski definition) is 4. The van der Waals surface area contributed by atoms with Gasteiger partial charge in [-0.1, -0.05) is 52.7 Å². The molecule has 184 valence electrons. The average molecular weight is 476 g/mol. The Balaban J connectivity index is 1.76. The highest BCUT2D eigenvalue weighted by molar-refractivity contribution is 5.55. The predicted molar refractivity (Wildman–Crippen MR) is 121 cm³/mol. The van der Waals surface area contributed by atoms with Crippen LogP contribution >= 0.6 is 0 Å². The van der Waals surface area contributed by atoms with E-state index in [1.165, 1.54) is 12.1 Å². The van der Waals surface area contributed by atoms with Crippen LogP contribution in [0.3, 0.4) is 0 Å². The Morgan fingerprint density at radius 3 is 2.21 bits per heavy atom. The fraction of sp³-hybridized carbons (Fsp3) is 0.593. The second-order valence-electron chi connectivity index (χ2n) is 11.2. The van der Waals surface area contributed by atoms with E-state index in [0.29, 0.717) is 23.2 Å². The van der Waals surface area contributed by atoms with E-state index in [1.54, 1.807) is 0 Å². The number of aliphatic hydroxyl groups is 2. The lowest BCUT2D eigenvalue weighted by atomic mass is 9.69. The number of nitrogens with zero attached hydrogens (tertiary/aromatic N) is 1. The Hall–Kier alpha value is -1.96. The van der Waals surface area contributed by atoms with E-state index >= 15 is 0 Å². The average Bonchev–Trinajstić information content (AvgIpc) is 3.36. The summed E-state index contributed by atoms with van der Waals surface area (Å²) in [7, 11) is 0. The molecule has 34 heavy (non-hydrogen) atoms. The van der Waals surface area contributed by atoms with Gasteiger partial charge in [-0.3, -0.25) is 4.98 Å². The third-order valence-corrected chi connectivity index (χ3v) is 7.94. The molecule has 0 amide bonds. The molecule has 1 fully saturated rings. The number of rotatable bonds is 2. The Bertz CT molecular complexity index is 1100. The molecule has 1 aromatic heterocycles. The van der Waals surface area contributed by atoms with E-state index in [9.17, 15) is 23.4 Å². The molecule has 3 aliphatic rings. The van der Waals surface area contributed by atoms with Crippen LogP contribution in [-0.2, 0) is 16.5 Å². The van der Waals surface area contributed by atoms with Crippen molar-refractivity contribution < 1.29 is 28.1 Å². The van der Waals surface area contributed by atoms with Gasteiger partial charge in [-0.15, -0.1) is 0 Å². The van der Waals surface area contributed by atoms with Crippen LogP contribution in [0.15, 0.2) is 24.3 Å². The standard InChI is InChI=1S/C27H32F3NO3/c1-14(2)21-19-20(18-17(32)13-25(3,4)24(33)22(18)31-21)26(11-5-6-12-26)34-23(19)15-7-9-16(10-8-15)27(28,29)30/h7-10,14,17,23-24,32-33H,5-6,11-13H2,1-4H3/t17?,23-,24-/m1/s1. The summed E-state index contributed by atoms with van der Waals surface area (Å²) in [4.78, 5) is 4.93. The zero-order valence-corrected chi connectivity index (χ0v) is 20.0. The minimum absolute atomic E-state index is 0.00512. The largest absolute Gasteiger partial charge is 0.416 e. The van der Waals surface area contributed by atoms with Crippen molar-refractivity contribution in [2.24, 2.45) is 5.41 Å². The van der Waals surface area contributed by atoms with Crippen LogP contribution in [0.5, 0.6) is 0 Å². The molecule has 1 spiro atoms. The Morgan fingerprint density at radius 1 is 1.03 bits per heavy atom. The molecule has 2 N–H and O–H groups in total. The molecule has 2 aromatic rings. The zero-order chi connectivity index (χ0) is 24.6. The number of hydrogen-bond donors (Lipinski definition) is 2. The molecule has 1 aliphatic heterocycles. The number of alkyl halides is 3. The Labute approximate surface area is 198 Å². The SMILES string of the molecule is CC(C)c1nc2c(c3c1[C@@H](c1ccc(C(F)(F)F)cc1)OC31CCCC1)C(O)CC(C)(C)[C@@H]2O. The molecule has 1 saturated carbocycles. The lowest BCUT2D eigenvalue weighted by molar-refractivity contribution is -0.137. The summed E-state index contributed by atoms with van der Waals surface area (Å²) in [6, 6.07) is 5.17. The molecule has 3 atom stereocenters. The van der Waals surface area contributed by atoms with Crippen molar-refractivity contribution >= 4 is 0 Å². The maximum atomic E-state index is 13.2. The first-order valence-electron chi connectivity index (χ1n) is 12.1. The summed E-state index contributed by atoms with van der Waals surface area (Å²) in [5, 5.41) is 22.5. The third-order valence-electron chi connectivity index (χ3n) is 7.94. The summed E-state index contributed by atoms with van der Waals surface area (Å²) in [6.07, 6.45) is -2.69. The molecular formula is C27H32F3NO3. The van der Waals surface area contributed by atoms with Gasteiger partial charge in [0.1, 0.15) is 12.2 Å². The normalized spacial score (nSPS) is 27.3. The molecule has 1 aromatic carbocycles. The Kier molecular flexibility index (Phi) is 5.43. The third kappa shape index (κ3) is 3.50. The van der Waals surface area contributed by atoms with Gasteiger partial charge in [0.05, 0.1) is 23.0 Å². The highest BCUT2D eigenvalue weighted by Gasteiger charge is 2.54. The van der Waals surface area contributed by atoms with E-state index < -0.39 is 41.1 Å². The molecule has 7 heteroatoms. The Morgan fingerprint density at radius 2 is 1.65 bits per heavy atom. The van der Waals surface area contributed by atoms with Crippen molar-refractivity contribution in [1.29, 1.82) is 0 Å². The zero-order valence-electron chi connectivity index (χ0n) is 20.0. The highest BCUT2D eigenvalue weighted by atomic mass is 19.4. The van der Waals surface area contributed by atoms with Gasteiger partial charge in [0, 0.05) is 16.8 Å². The van der Waals surface area contributed by atoms with Crippen molar-refractivity contribution in [2.45, 2.75) is 95.8 Å². The molecule has 0 bridgehead atoms. The summed E-state index contributed by atoms with van der Waals surface area (Å²) < 4.78 is 46.3. The summed E-state index contributed by atoms with van der Waals surface area (Å²) >= 11 is 0. The first-order chi connectivity index (χ1) is 15.9. The minimum Gasteiger partial charge on any atom is -0.388 e. The maximum Gasteiger partial charge on any atom is 0.416 e. The van der Waals surface area contributed by atoms with Gasteiger partial charge >= 0.3 is 6.18 Å². The van der Waals surface area contributed by atoms with Gasteiger partial charge in [0.15, 0.2) is 0 Å². The monoisotopic (exact) mass is 475 g/mol. The number of benzene rings is 1. The number of halogens is 3. The number of aromatic nitrogens is 1. The first kappa shape index (κ1) is 23.8. The molecule has 2 heterocycles. The van der Waals surface area contributed by atoms with Crippen LogP contribution in [-0.4, -0.2) is 15.2 Å². The van der Waals surface area contributed by atoms with Crippen molar-refractivity contribution in [3.8, 4) is 0 Å². The van der Waals surface area contributed by atoms with Crippen LogP contribution in [0.4, 0.5) is 13.2 Å². The summed E-state index contributed by atoms with van der Waals surface area (Å²) in [5.74, 6) is 0.00512. The fourth-order valence-corrected chi connectivity index (χ4v) is 6.21. The van der Waals surface area contributed by atoms with Crippen molar-refractivity contribution in [3.05, 3.63) is 63.5 Å². The van der Waals surface area contributed by atoms with Crippen LogP contribution in [0, 0.1) is 5.41 Å². The van der Waals surface area contributed by atoms with Crippen molar-refractivity contribution in [3.63, 3.8) is 0 Å². The molecule has 2 aliphatic carbocycles. The van der Waals surface area contributed by atoms with Gasteiger partial charge in [-0.2, -0.15) is 13.2 Å². The number of aliphatic hydroxyl groups excluding tert-OH is 2. The van der Waals surface area contributed by atoms with Gasteiger partial charge in [-0.05, 0) is 53.9 Å². The second-order valence-corrected chi connectivity index (χ2v) is 11.2. The molecule has 4 nitrogen and oxygen atoms in total. The van der Waals surface area contributed by atoms with Gasteiger partial charge in [0.2, 0.25) is 0 Å². The van der Waals surface area contributed by atoms with E-state index in [-0.39, 0.29) is 5.92 Å². The summed E-state index contributed by atoms with van der Waals surface area (Å²) in [6.45, 7) is 7.91. The minimum atomic E-state index is -4.41. The second kappa shape index (κ2) is 7.77. The quantitative estimate of drug-likeness (QED) is 0.513. The van der Waals surface area contributed by atoms with Crippen LogP contribution < -0.4 is 0 Å². The smallest absolute Gasteiger partial charge is 0.388 e. The van der Waals surface area contributed by atoms with Crippen molar-refractivity contribution in [1.82, 2.24) is 4.98 Å². The van der Waals surface area contributed by atoms with Crippen LogP contribution in [0.2, 0.25) is 0 Å². The molecular weight excluding hydrogens is 443 g/mol. The first-order valence-corrected chi connectivity index (χ1v) is 12.1. The fourth-order valence-electron chi connectivity index (χ4n) is 6.21. The lowest BCUT2D eigenvalue weighted by Gasteiger charge is -2.41. The van der Waals surface area contributed by atoms with E-state index in [2.05, 4.69) is 0 Å². The number of pyridine rings is 1. The van der Waals surface area contributed by atoms with Crippen LogP contribution in [0.1, 0.15) is 123 Å².